The third-order valence-corrected chi connectivity index (χ3v) is 2.18. The molecule has 1 aromatic carbocycles. The fourth-order valence-electron chi connectivity index (χ4n) is 1.28. The molecule has 0 fully saturated rings. The average molecular weight is 225 g/mol. The molecule has 0 N–H and O–H groups in total. The predicted octanol–water partition coefficient (Wildman–Crippen LogP) is 3.15. The van der Waals surface area contributed by atoms with Crippen molar-refractivity contribution in [2.75, 3.05) is 13.0 Å². The van der Waals surface area contributed by atoms with Crippen molar-refractivity contribution in [2.45, 2.75) is 6.92 Å². The average Bonchev–Trinajstić information content (AvgIpc) is 2.25. The van der Waals surface area contributed by atoms with Crippen molar-refractivity contribution in [3.05, 3.63) is 35.4 Å². The first-order chi connectivity index (χ1) is 7.19. The molecule has 80 valence electrons. The minimum Gasteiger partial charge on any atom is -0.496 e. The highest BCUT2D eigenvalue weighted by Crippen LogP contribution is 2.21. The van der Waals surface area contributed by atoms with Crippen molar-refractivity contribution in [1.29, 1.82) is 0 Å². The highest BCUT2D eigenvalue weighted by atomic mass is 35.5. The van der Waals surface area contributed by atoms with Gasteiger partial charge < -0.3 is 4.74 Å². The maximum atomic E-state index is 11.2. The van der Waals surface area contributed by atoms with Crippen molar-refractivity contribution in [3.8, 4) is 5.75 Å². The number of Topliss-reactive ketones (excluding diaryl/α,β-unsaturated/α-hetero) is 1. The third kappa shape index (κ3) is 3.10. The highest BCUT2D eigenvalue weighted by molar-refractivity contribution is 6.19. The number of rotatable bonds is 4. The van der Waals surface area contributed by atoms with Gasteiger partial charge in [-0.3, -0.25) is 4.79 Å². The standard InChI is InChI=1S/C12H13ClO2/c1-9(14)11-6-5-10(4-3-7-13)8-12(11)15-2/h3-6,8H,7H2,1-2H3. The number of hydrogen-bond acceptors (Lipinski definition) is 2. The second-order valence-corrected chi connectivity index (χ2v) is 3.38. The summed E-state index contributed by atoms with van der Waals surface area (Å²) in [6, 6.07) is 5.44. The molecule has 0 saturated carbocycles. The van der Waals surface area contributed by atoms with E-state index in [-0.39, 0.29) is 5.78 Å². The van der Waals surface area contributed by atoms with Crippen LogP contribution in [-0.2, 0) is 0 Å². The van der Waals surface area contributed by atoms with E-state index in [0.717, 1.165) is 5.56 Å². The van der Waals surface area contributed by atoms with Crippen LogP contribution in [0, 0.1) is 0 Å². The summed E-state index contributed by atoms with van der Waals surface area (Å²) in [5.41, 5.74) is 1.57. The van der Waals surface area contributed by atoms with Gasteiger partial charge in [0.15, 0.2) is 5.78 Å². The maximum Gasteiger partial charge on any atom is 0.163 e. The number of carbonyl (C=O) groups is 1. The molecule has 0 radical (unpaired) electrons. The molecule has 1 rings (SSSR count). The van der Waals surface area contributed by atoms with Crippen molar-refractivity contribution >= 4 is 23.5 Å². The number of halogens is 1. The van der Waals surface area contributed by atoms with E-state index in [2.05, 4.69) is 0 Å². The van der Waals surface area contributed by atoms with Crippen LogP contribution in [0.5, 0.6) is 5.75 Å². The first-order valence-corrected chi connectivity index (χ1v) is 5.14. The summed E-state index contributed by atoms with van der Waals surface area (Å²) in [6.07, 6.45) is 3.73. The van der Waals surface area contributed by atoms with Gasteiger partial charge in [0, 0.05) is 5.88 Å². The van der Waals surface area contributed by atoms with Crippen LogP contribution in [0.15, 0.2) is 24.3 Å². The summed E-state index contributed by atoms with van der Waals surface area (Å²) in [5.74, 6) is 1.07. The number of ether oxygens (including phenoxy) is 1. The van der Waals surface area contributed by atoms with Gasteiger partial charge in [-0.15, -0.1) is 11.6 Å². The van der Waals surface area contributed by atoms with E-state index in [4.69, 9.17) is 16.3 Å². The van der Waals surface area contributed by atoms with Crippen molar-refractivity contribution < 1.29 is 9.53 Å². The third-order valence-electron chi connectivity index (χ3n) is 2.00. The monoisotopic (exact) mass is 224 g/mol. The van der Waals surface area contributed by atoms with Crippen LogP contribution in [0.3, 0.4) is 0 Å². The SMILES string of the molecule is COc1cc(C=CCCl)ccc1C(C)=O. The van der Waals surface area contributed by atoms with Crippen molar-refractivity contribution in [2.24, 2.45) is 0 Å². The summed E-state index contributed by atoms with van der Waals surface area (Å²) < 4.78 is 5.14. The van der Waals surface area contributed by atoms with E-state index in [1.165, 1.54) is 6.92 Å². The summed E-state index contributed by atoms with van der Waals surface area (Å²) in [6.45, 7) is 1.52. The van der Waals surface area contributed by atoms with Gasteiger partial charge in [-0.1, -0.05) is 18.2 Å². The van der Waals surface area contributed by atoms with Crippen molar-refractivity contribution in [1.82, 2.24) is 0 Å². The molecular weight excluding hydrogens is 212 g/mol. The normalized spacial score (nSPS) is 10.6. The second kappa shape index (κ2) is 5.56. The first kappa shape index (κ1) is 11.8. The van der Waals surface area contributed by atoms with Crippen LogP contribution in [0.1, 0.15) is 22.8 Å². The zero-order valence-electron chi connectivity index (χ0n) is 8.79. The molecular formula is C12H13ClO2. The Balaban J connectivity index is 3.07. The molecule has 0 aliphatic carbocycles. The summed E-state index contributed by atoms with van der Waals surface area (Å²) in [4.78, 5) is 11.2. The van der Waals surface area contributed by atoms with Gasteiger partial charge in [-0.05, 0) is 24.6 Å². The van der Waals surface area contributed by atoms with E-state index < -0.39 is 0 Å². The Morgan fingerprint density at radius 3 is 2.80 bits per heavy atom. The molecule has 0 aliphatic heterocycles. The molecule has 0 saturated heterocycles. The number of alkyl halides is 1. The Morgan fingerprint density at radius 1 is 1.53 bits per heavy atom. The Morgan fingerprint density at radius 2 is 2.27 bits per heavy atom. The fourth-order valence-corrected chi connectivity index (χ4v) is 1.37. The van der Waals surface area contributed by atoms with Gasteiger partial charge in [0.25, 0.3) is 0 Å². The number of carbonyl (C=O) groups excluding carboxylic acids is 1. The lowest BCUT2D eigenvalue weighted by Crippen LogP contribution is -1.97. The molecule has 0 aliphatic rings. The Kier molecular flexibility index (Phi) is 4.37. The zero-order chi connectivity index (χ0) is 11.3. The van der Waals surface area contributed by atoms with Gasteiger partial charge in [0.2, 0.25) is 0 Å². The molecule has 0 amide bonds. The van der Waals surface area contributed by atoms with Crippen LogP contribution < -0.4 is 4.74 Å². The molecule has 0 bridgehead atoms. The quantitative estimate of drug-likeness (QED) is 0.580. The molecule has 2 nitrogen and oxygen atoms in total. The minimum absolute atomic E-state index is 0.000257. The minimum atomic E-state index is -0.000257. The van der Waals surface area contributed by atoms with Crippen molar-refractivity contribution in [3.63, 3.8) is 0 Å². The summed E-state index contributed by atoms with van der Waals surface area (Å²) in [7, 11) is 1.55. The Hall–Kier alpha value is -1.28. The number of ketones is 1. The summed E-state index contributed by atoms with van der Waals surface area (Å²) >= 11 is 5.53. The number of benzene rings is 1. The Labute approximate surface area is 94.5 Å². The smallest absolute Gasteiger partial charge is 0.163 e. The molecule has 15 heavy (non-hydrogen) atoms. The van der Waals surface area contributed by atoms with E-state index in [1.807, 2.05) is 24.3 Å². The molecule has 0 atom stereocenters. The largest absolute Gasteiger partial charge is 0.496 e. The number of hydrogen-bond donors (Lipinski definition) is 0. The van der Waals surface area contributed by atoms with Gasteiger partial charge >= 0.3 is 0 Å². The molecule has 0 aromatic heterocycles. The fraction of sp³-hybridized carbons (Fsp3) is 0.250. The molecule has 3 heteroatoms. The number of methoxy groups -OCH3 is 1. The maximum absolute atomic E-state index is 11.2. The van der Waals surface area contributed by atoms with E-state index in [0.29, 0.717) is 17.2 Å². The highest BCUT2D eigenvalue weighted by Gasteiger charge is 2.07. The Bertz CT molecular complexity index is 383. The molecule has 1 aromatic rings. The molecule has 0 unspecified atom stereocenters. The lowest BCUT2D eigenvalue weighted by molar-refractivity contribution is 0.101. The predicted molar refractivity (Wildman–Crippen MR) is 62.8 cm³/mol. The second-order valence-electron chi connectivity index (χ2n) is 3.07. The van der Waals surface area contributed by atoms with E-state index in [9.17, 15) is 4.79 Å². The van der Waals surface area contributed by atoms with Gasteiger partial charge in [0.1, 0.15) is 5.75 Å². The first-order valence-electron chi connectivity index (χ1n) is 4.60. The molecule has 0 heterocycles. The summed E-state index contributed by atoms with van der Waals surface area (Å²) in [5, 5.41) is 0. The number of allylic oxidation sites excluding steroid dienone is 1. The molecule has 0 spiro atoms. The lowest BCUT2D eigenvalue weighted by Gasteiger charge is -2.06. The van der Waals surface area contributed by atoms with Gasteiger partial charge in [-0.2, -0.15) is 0 Å². The van der Waals surface area contributed by atoms with E-state index in [1.54, 1.807) is 13.2 Å². The van der Waals surface area contributed by atoms with E-state index >= 15 is 0 Å². The lowest BCUT2D eigenvalue weighted by atomic mass is 10.1. The topological polar surface area (TPSA) is 26.3 Å². The van der Waals surface area contributed by atoms with Crippen LogP contribution in [0.2, 0.25) is 0 Å². The van der Waals surface area contributed by atoms with Crippen LogP contribution >= 0.6 is 11.6 Å². The zero-order valence-corrected chi connectivity index (χ0v) is 9.54. The van der Waals surface area contributed by atoms with Crippen LogP contribution in [0.25, 0.3) is 6.08 Å². The van der Waals surface area contributed by atoms with Gasteiger partial charge in [0.05, 0.1) is 12.7 Å². The van der Waals surface area contributed by atoms with Gasteiger partial charge in [-0.25, -0.2) is 0 Å². The van der Waals surface area contributed by atoms with Crippen LogP contribution in [0.4, 0.5) is 0 Å². The van der Waals surface area contributed by atoms with Crippen LogP contribution in [-0.4, -0.2) is 18.8 Å².